The van der Waals surface area contributed by atoms with Crippen LogP contribution in [0.4, 0.5) is 0 Å². The van der Waals surface area contributed by atoms with Crippen LogP contribution < -0.4 is 11.5 Å². The predicted octanol–water partition coefficient (Wildman–Crippen LogP) is 0.608. The maximum Gasteiger partial charge on any atom is 0.159 e. The van der Waals surface area contributed by atoms with E-state index < -0.39 is 0 Å². The molecule has 0 aliphatic rings. The summed E-state index contributed by atoms with van der Waals surface area (Å²) in [5.41, 5.74) is 10.6. The average Bonchev–Trinajstić information content (AvgIpc) is 2.33. The van der Waals surface area contributed by atoms with Gasteiger partial charge in [-0.3, -0.25) is 4.79 Å². The largest absolute Gasteiger partial charge is 0.329 e. The molecule has 0 radical (unpaired) electrons. The second-order valence-corrected chi connectivity index (χ2v) is 2.50. The van der Waals surface area contributed by atoms with E-state index in [0.29, 0.717) is 13.1 Å². The van der Waals surface area contributed by atoms with Crippen LogP contribution in [0.25, 0.3) is 0 Å². The van der Waals surface area contributed by atoms with Crippen LogP contribution in [0.15, 0.2) is 30.3 Å². The average molecular weight is 210 g/mol. The van der Waals surface area contributed by atoms with Crippen LogP contribution >= 0.6 is 0 Å². The van der Waals surface area contributed by atoms with Crippen molar-refractivity contribution in [3.8, 4) is 0 Å². The maximum absolute atomic E-state index is 10.6. The second-order valence-electron chi connectivity index (χ2n) is 2.50. The van der Waals surface area contributed by atoms with E-state index in [0.717, 1.165) is 5.56 Å². The molecule has 4 heteroatoms. The van der Waals surface area contributed by atoms with Gasteiger partial charge in [-0.2, -0.15) is 0 Å². The summed E-state index contributed by atoms with van der Waals surface area (Å²) in [6, 6.07) is 9.23. The van der Waals surface area contributed by atoms with Crippen molar-refractivity contribution in [2.75, 3.05) is 13.1 Å². The molecule has 1 aromatic carbocycles. The predicted molar refractivity (Wildman–Crippen MR) is 61.7 cm³/mol. The van der Waals surface area contributed by atoms with Gasteiger partial charge in [0.2, 0.25) is 0 Å². The van der Waals surface area contributed by atoms with Crippen molar-refractivity contribution in [1.82, 2.24) is 0 Å². The zero-order valence-electron chi connectivity index (χ0n) is 8.98. The molecule has 0 unspecified atom stereocenters. The smallest absolute Gasteiger partial charge is 0.159 e. The Morgan fingerprint density at radius 3 is 1.73 bits per heavy atom. The van der Waals surface area contributed by atoms with Crippen LogP contribution in [0.5, 0.6) is 0 Å². The summed E-state index contributed by atoms with van der Waals surface area (Å²) in [7, 11) is 0. The molecular weight excluding hydrogens is 192 g/mol. The summed E-state index contributed by atoms with van der Waals surface area (Å²) in [6.45, 7) is 4.76. The standard InChI is InChI=1S/C8H8O.C2H8N2.CH2O/c1-7(9)8-5-3-2-4-6-8;3-1-2-4;1-2/h2-6H,1H3;1-4H2;1H2. The summed E-state index contributed by atoms with van der Waals surface area (Å²) >= 11 is 0. The van der Waals surface area contributed by atoms with Crippen LogP contribution in [0.3, 0.4) is 0 Å². The lowest BCUT2D eigenvalue weighted by molar-refractivity contribution is -0.0979. The lowest BCUT2D eigenvalue weighted by atomic mass is 10.2. The highest BCUT2D eigenvalue weighted by atomic mass is 16.1. The third-order valence-corrected chi connectivity index (χ3v) is 1.35. The summed E-state index contributed by atoms with van der Waals surface area (Å²) in [6.07, 6.45) is 0. The molecule has 0 atom stereocenters. The van der Waals surface area contributed by atoms with Gasteiger partial charge in [-0.15, -0.1) is 0 Å². The summed E-state index contributed by atoms with van der Waals surface area (Å²) < 4.78 is 0. The summed E-state index contributed by atoms with van der Waals surface area (Å²) in [4.78, 5) is 18.6. The Morgan fingerprint density at radius 2 is 1.53 bits per heavy atom. The number of nitrogens with two attached hydrogens (primary N) is 2. The fraction of sp³-hybridized carbons (Fsp3) is 0.273. The van der Waals surface area contributed by atoms with Crippen molar-refractivity contribution in [1.29, 1.82) is 0 Å². The Bertz CT molecular complexity index is 248. The van der Waals surface area contributed by atoms with E-state index in [4.69, 9.17) is 16.3 Å². The van der Waals surface area contributed by atoms with Gasteiger partial charge in [0.05, 0.1) is 0 Å². The first-order chi connectivity index (χ1) is 7.22. The molecule has 0 fully saturated rings. The lowest BCUT2D eigenvalue weighted by Gasteiger charge is -1.89. The maximum atomic E-state index is 10.6. The van der Waals surface area contributed by atoms with Gasteiger partial charge in [-0.05, 0) is 6.92 Å². The van der Waals surface area contributed by atoms with E-state index in [1.165, 1.54) is 0 Å². The quantitative estimate of drug-likeness (QED) is 0.700. The first kappa shape index (κ1) is 15.9. The van der Waals surface area contributed by atoms with Gasteiger partial charge in [0, 0.05) is 18.7 Å². The lowest BCUT2D eigenvalue weighted by Crippen LogP contribution is -2.11. The van der Waals surface area contributed by atoms with Crippen LogP contribution in [-0.4, -0.2) is 25.7 Å². The van der Waals surface area contributed by atoms with Crippen molar-refractivity contribution in [3.05, 3.63) is 35.9 Å². The van der Waals surface area contributed by atoms with E-state index in [9.17, 15) is 4.79 Å². The van der Waals surface area contributed by atoms with E-state index in [2.05, 4.69) is 0 Å². The molecule has 1 aromatic rings. The van der Waals surface area contributed by atoms with Gasteiger partial charge in [0.15, 0.2) is 5.78 Å². The van der Waals surface area contributed by atoms with Crippen LogP contribution in [0.1, 0.15) is 17.3 Å². The highest BCUT2D eigenvalue weighted by Crippen LogP contribution is 1.97. The van der Waals surface area contributed by atoms with Crippen molar-refractivity contribution in [3.63, 3.8) is 0 Å². The normalized spacial score (nSPS) is 7.67. The fourth-order valence-corrected chi connectivity index (χ4v) is 0.673. The molecule has 0 spiro atoms. The SMILES string of the molecule is C=O.CC(=O)c1ccccc1.NCCN. The molecule has 0 aliphatic heterocycles. The Hall–Kier alpha value is -1.52. The first-order valence-electron chi connectivity index (χ1n) is 4.47. The van der Waals surface area contributed by atoms with Gasteiger partial charge < -0.3 is 16.3 Å². The molecule has 0 bridgehead atoms. The highest BCUT2D eigenvalue weighted by molar-refractivity contribution is 5.93. The van der Waals surface area contributed by atoms with E-state index in [-0.39, 0.29) is 5.78 Å². The Kier molecular flexibility index (Phi) is 13.3. The Morgan fingerprint density at radius 1 is 1.13 bits per heavy atom. The third kappa shape index (κ3) is 10.4. The molecule has 0 aromatic heterocycles. The molecule has 84 valence electrons. The van der Waals surface area contributed by atoms with E-state index >= 15 is 0 Å². The van der Waals surface area contributed by atoms with Crippen molar-refractivity contribution in [2.24, 2.45) is 11.5 Å². The number of carbonyl (C=O) groups is 2. The van der Waals surface area contributed by atoms with Gasteiger partial charge in [0.25, 0.3) is 0 Å². The minimum absolute atomic E-state index is 0.121. The Labute approximate surface area is 90.3 Å². The van der Waals surface area contributed by atoms with Gasteiger partial charge >= 0.3 is 0 Å². The van der Waals surface area contributed by atoms with Gasteiger partial charge in [-0.1, -0.05) is 30.3 Å². The highest BCUT2D eigenvalue weighted by Gasteiger charge is 1.92. The summed E-state index contributed by atoms with van der Waals surface area (Å²) in [5, 5.41) is 0. The topological polar surface area (TPSA) is 86.2 Å². The van der Waals surface area contributed by atoms with E-state index in [1.807, 2.05) is 37.1 Å². The Balaban J connectivity index is 0. The van der Waals surface area contributed by atoms with Crippen molar-refractivity contribution >= 4 is 12.6 Å². The molecule has 0 heterocycles. The monoisotopic (exact) mass is 210 g/mol. The number of rotatable bonds is 2. The molecular formula is C11H18N2O2. The van der Waals surface area contributed by atoms with Gasteiger partial charge in [0.1, 0.15) is 6.79 Å². The number of carbonyl (C=O) groups excluding carboxylic acids is 2. The molecule has 4 nitrogen and oxygen atoms in total. The van der Waals surface area contributed by atoms with Gasteiger partial charge in [-0.25, -0.2) is 0 Å². The minimum atomic E-state index is 0.121. The van der Waals surface area contributed by atoms with Crippen LogP contribution in [-0.2, 0) is 4.79 Å². The van der Waals surface area contributed by atoms with E-state index in [1.54, 1.807) is 6.92 Å². The summed E-state index contributed by atoms with van der Waals surface area (Å²) in [5.74, 6) is 0.121. The fourth-order valence-electron chi connectivity index (χ4n) is 0.673. The minimum Gasteiger partial charge on any atom is -0.329 e. The van der Waals surface area contributed by atoms with Crippen molar-refractivity contribution in [2.45, 2.75) is 6.92 Å². The number of hydrogen-bond donors (Lipinski definition) is 2. The molecule has 0 aliphatic carbocycles. The first-order valence-corrected chi connectivity index (χ1v) is 4.47. The molecule has 0 saturated carbocycles. The molecule has 15 heavy (non-hydrogen) atoms. The molecule has 0 amide bonds. The second kappa shape index (κ2) is 12.5. The molecule has 0 saturated heterocycles. The van der Waals surface area contributed by atoms with Crippen LogP contribution in [0, 0.1) is 0 Å². The number of hydrogen-bond acceptors (Lipinski definition) is 4. The van der Waals surface area contributed by atoms with Crippen molar-refractivity contribution < 1.29 is 9.59 Å². The zero-order chi connectivity index (χ0) is 12.1. The molecule has 1 rings (SSSR count). The molecule has 4 N–H and O–H groups in total. The van der Waals surface area contributed by atoms with Crippen LogP contribution in [0.2, 0.25) is 0 Å². The number of ketones is 1. The number of Topliss-reactive ketones (excluding diaryl/α,β-unsaturated/α-hetero) is 1. The third-order valence-electron chi connectivity index (χ3n) is 1.35. The zero-order valence-corrected chi connectivity index (χ0v) is 8.98. The number of benzene rings is 1.